The number of carbonyl (C=O) groups is 2. The molecular weight excluding hydrogens is 234 g/mol. The number of nitrogens with one attached hydrogen (secondary N) is 1. The largest absolute Gasteiger partial charge is 0.459 e. The Hall–Kier alpha value is -1.82. The summed E-state index contributed by atoms with van der Waals surface area (Å²) in [7, 11) is 1.70. The molecule has 0 aromatic carbocycles. The standard InChI is InChI=1S/C12H19N3O3/c1-9(8-13)15(2)11(16)5-6-14-12(17)10-4-3-7-18-10/h3-4,7,9H,5-6,8,13H2,1-2H3,(H,14,17). The number of hydrogen-bond donors (Lipinski definition) is 2. The molecule has 1 aromatic rings. The van der Waals surface area contributed by atoms with Crippen LogP contribution in [0.4, 0.5) is 0 Å². The summed E-state index contributed by atoms with van der Waals surface area (Å²) in [6.07, 6.45) is 1.67. The second kappa shape index (κ2) is 6.80. The Morgan fingerprint density at radius 1 is 1.56 bits per heavy atom. The summed E-state index contributed by atoms with van der Waals surface area (Å²) in [4.78, 5) is 24.8. The van der Waals surface area contributed by atoms with E-state index in [2.05, 4.69) is 5.32 Å². The van der Waals surface area contributed by atoms with Gasteiger partial charge in [0.15, 0.2) is 5.76 Å². The number of amides is 2. The van der Waals surface area contributed by atoms with Crippen molar-refractivity contribution in [3.8, 4) is 0 Å². The summed E-state index contributed by atoms with van der Waals surface area (Å²) in [6.45, 7) is 2.57. The van der Waals surface area contributed by atoms with Gasteiger partial charge in [0.1, 0.15) is 0 Å². The molecule has 1 heterocycles. The fourth-order valence-corrected chi connectivity index (χ4v) is 1.36. The van der Waals surface area contributed by atoms with Gasteiger partial charge in [-0.2, -0.15) is 0 Å². The van der Waals surface area contributed by atoms with Gasteiger partial charge in [-0.15, -0.1) is 0 Å². The van der Waals surface area contributed by atoms with Crippen LogP contribution in [-0.4, -0.2) is 42.9 Å². The molecule has 0 spiro atoms. The molecule has 18 heavy (non-hydrogen) atoms. The third-order valence-electron chi connectivity index (χ3n) is 2.77. The molecule has 3 N–H and O–H groups in total. The highest BCUT2D eigenvalue weighted by atomic mass is 16.3. The average Bonchev–Trinajstić information content (AvgIpc) is 2.90. The van der Waals surface area contributed by atoms with Crippen molar-refractivity contribution < 1.29 is 14.0 Å². The van der Waals surface area contributed by atoms with Crippen LogP contribution >= 0.6 is 0 Å². The van der Waals surface area contributed by atoms with Crippen molar-refractivity contribution in [3.05, 3.63) is 24.2 Å². The quantitative estimate of drug-likeness (QED) is 0.758. The maximum absolute atomic E-state index is 11.7. The van der Waals surface area contributed by atoms with E-state index in [1.54, 1.807) is 24.1 Å². The Labute approximate surface area is 106 Å². The molecule has 0 aliphatic rings. The smallest absolute Gasteiger partial charge is 0.286 e. The first kappa shape index (κ1) is 14.2. The Bertz CT molecular complexity index is 389. The van der Waals surface area contributed by atoms with Gasteiger partial charge in [-0.25, -0.2) is 0 Å². The first-order chi connectivity index (χ1) is 8.56. The van der Waals surface area contributed by atoms with Gasteiger partial charge >= 0.3 is 0 Å². The monoisotopic (exact) mass is 253 g/mol. The number of rotatable bonds is 6. The molecule has 1 aromatic heterocycles. The zero-order valence-electron chi connectivity index (χ0n) is 10.7. The molecule has 2 amide bonds. The predicted octanol–water partition coefficient (Wildman–Crippen LogP) is 0.205. The molecule has 0 aliphatic carbocycles. The molecule has 6 nitrogen and oxygen atoms in total. The Balaban J connectivity index is 2.29. The average molecular weight is 253 g/mol. The van der Waals surface area contributed by atoms with Gasteiger partial charge in [-0.1, -0.05) is 0 Å². The van der Waals surface area contributed by atoms with Gasteiger partial charge in [0.2, 0.25) is 5.91 Å². The molecule has 100 valence electrons. The number of carbonyl (C=O) groups excluding carboxylic acids is 2. The van der Waals surface area contributed by atoms with Crippen LogP contribution in [0.5, 0.6) is 0 Å². The zero-order chi connectivity index (χ0) is 13.5. The molecule has 1 rings (SSSR count). The maximum atomic E-state index is 11.7. The van der Waals surface area contributed by atoms with Crippen LogP contribution in [-0.2, 0) is 4.79 Å². The van der Waals surface area contributed by atoms with Crippen LogP contribution in [0.25, 0.3) is 0 Å². The fraction of sp³-hybridized carbons (Fsp3) is 0.500. The lowest BCUT2D eigenvalue weighted by atomic mass is 10.2. The normalized spacial score (nSPS) is 11.9. The molecular formula is C12H19N3O3. The van der Waals surface area contributed by atoms with Crippen molar-refractivity contribution >= 4 is 11.8 Å². The number of furan rings is 1. The summed E-state index contributed by atoms with van der Waals surface area (Å²) < 4.78 is 4.93. The second-order valence-electron chi connectivity index (χ2n) is 4.07. The molecule has 0 saturated heterocycles. The van der Waals surface area contributed by atoms with E-state index < -0.39 is 0 Å². The summed E-state index contributed by atoms with van der Waals surface area (Å²) in [5.41, 5.74) is 5.48. The van der Waals surface area contributed by atoms with E-state index in [4.69, 9.17) is 10.2 Å². The zero-order valence-corrected chi connectivity index (χ0v) is 10.7. The van der Waals surface area contributed by atoms with Gasteiger partial charge < -0.3 is 20.4 Å². The van der Waals surface area contributed by atoms with Crippen LogP contribution in [0.2, 0.25) is 0 Å². The number of nitrogens with two attached hydrogens (primary N) is 1. The topological polar surface area (TPSA) is 88.6 Å². The molecule has 1 atom stereocenters. The van der Waals surface area contributed by atoms with Gasteiger partial charge in [0.25, 0.3) is 5.91 Å². The SMILES string of the molecule is CC(CN)N(C)C(=O)CCNC(=O)c1ccco1. The third-order valence-corrected chi connectivity index (χ3v) is 2.77. The molecule has 0 saturated carbocycles. The lowest BCUT2D eigenvalue weighted by Crippen LogP contribution is -2.41. The molecule has 0 fully saturated rings. The van der Waals surface area contributed by atoms with Crippen molar-refractivity contribution in [3.63, 3.8) is 0 Å². The van der Waals surface area contributed by atoms with E-state index in [-0.39, 0.29) is 36.6 Å². The van der Waals surface area contributed by atoms with Gasteiger partial charge in [-0.3, -0.25) is 9.59 Å². The first-order valence-corrected chi connectivity index (χ1v) is 5.83. The van der Waals surface area contributed by atoms with Crippen LogP contribution in [0, 0.1) is 0 Å². The predicted molar refractivity (Wildman–Crippen MR) is 66.9 cm³/mol. The molecule has 1 unspecified atom stereocenters. The molecule has 0 aliphatic heterocycles. The number of hydrogen-bond acceptors (Lipinski definition) is 4. The Kier molecular flexibility index (Phi) is 5.38. The van der Waals surface area contributed by atoms with Crippen molar-refractivity contribution in [1.82, 2.24) is 10.2 Å². The van der Waals surface area contributed by atoms with E-state index in [0.29, 0.717) is 6.54 Å². The van der Waals surface area contributed by atoms with E-state index in [1.165, 1.54) is 6.26 Å². The van der Waals surface area contributed by atoms with E-state index in [9.17, 15) is 9.59 Å². The lowest BCUT2D eigenvalue weighted by molar-refractivity contribution is -0.131. The minimum absolute atomic E-state index is 0.00160. The van der Waals surface area contributed by atoms with E-state index in [0.717, 1.165) is 0 Å². The number of nitrogens with zero attached hydrogens (tertiary/aromatic N) is 1. The van der Waals surface area contributed by atoms with Crippen LogP contribution < -0.4 is 11.1 Å². The van der Waals surface area contributed by atoms with Crippen molar-refractivity contribution in [1.29, 1.82) is 0 Å². The lowest BCUT2D eigenvalue weighted by Gasteiger charge is -2.23. The van der Waals surface area contributed by atoms with Crippen LogP contribution in [0.1, 0.15) is 23.9 Å². The highest BCUT2D eigenvalue weighted by Gasteiger charge is 2.14. The molecule has 0 bridgehead atoms. The van der Waals surface area contributed by atoms with Gasteiger partial charge in [0.05, 0.1) is 6.26 Å². The first-order valence-electron chi connectivity index (χ1n) is 5.83. The van der Waals surface area contributed by atoms with E-state index in [1.807, 2.05) is 6.92 Å². The van der Waals surface area contributed by atoms with Crippen LogP contribution in [0.15, 0.2) is 22.8 Å². The Morgan fingerprint density at radius 2 is 2.28 bits per heavy atom. The molecule has 0 radical (unpaired) electrons. The minimum atomic E-state index is -0.317. The Morgan fingerprint density at radius 3 is 2.83 bits per heavy atom. The highest BCUT2D eigenvalue weighted by molar-refractivity contribution is 5.91. The second-order valence-corrected chi connectivity index (χ2v) is 4.07. The summed E-state index contributed by atoms with van der Waals surface area (Å²) in [6, 6.07) is 3.20. The fourth-order valence-electron chi connectivity index (χ4n) is 1.36. The summed E-state index contributed by atoms with van der Waals surface area (Å²) in [5.74, 6) is -0.124. The van der Waals surface area contributed by atoms with Crippen LogP contribution in [0.3, 0.4) is 0 Å². The third kappa shape index (κ3) is 3.89. The summed E-state index contributed by atoms with van der Waals surface area (Å²) >= 11 is 0. The van der Waals surface area contributed by atoms with Crippen molar-refractivity contribution in [2.45, 2.75) is 19.4 Å². The van der Waals surface area contributed by atoms with Crippen molar-refractivity contribution in [2.75, 3.05) is 20.1 Å². The summed E-state index contributed by atoms with van der Waals surface area (Å²) in [5, 5.41) is 2.62. The molecule has 6 heteroatoms. The minimum Gasteiger partial charge on any atom is -0.459 e. The maximum Gasteiger partial charge on any atom is 0.286 e. The highest BCUT2D eigenvalue weighted by Crippen LogP contribution is 2.00. The van der Waals surface area contributed by atoms with E-state index >= 15 is 0 Å². The van der Waals surface area contributed by atoms with Gasteiger partial charge in [0, 0.05) is 32.6 Å². The van der Waals surface area contributed by atoms with Gasteiger partial charge in [-0.05, 0) is 19.1 Å². The van der Waals surface area contributed by atoms with Crippen molar-refractivity contribution in [2.24, 2.45) is 5.73 Å². The number of likely N-dealkylation sites (N-methyl/N-ethyl adjacent to an activating group) is 1.